The van der Waals surface area contributed by atoms with Crippen LogP contribution in [0, 0.1) is 0 Å². The van der Waals surface area contributed by atoms with E-state index in [1.807, 2.05) is 28.9 Å². The molecule has 0 atom stereocenters. The number of hydrogen-bond donors (Lipinski definition) is 1. The molecule has 16 heavy (non-hydrogen) atoms. The molecular formula is C11H13ClN4. The molecular weight excluding hydrogens is 224 g/mol. The predicted molar refractivity (Wildman–Crippen MR) is 63.3 cm³/mol. The Bertz CT molecular complexity index is 467. The highest BCUT2D eigenvalue weighted by Crippen LogP contribution is 2.12. The maximum atomic E-state index is 5.92. The molecule has 1 aromatic heterocycles. The first-order chi connectivity index (χ1) is 7.79. The van der Waals surface area contributed by atoms with Gasteiger partial charge in [-0.25, -0.2) is 4.68 Å². The van der Waals surface area contributed by atoms with Crippen molar-refractivity contribution in [3.05, 3.63) is 46.7 Å². The fourth-order valence-corrected chi connectivity index (χ4v) is 1.77. The molecule has 0 spiro atoms. The van der Waals surface area contributed by atoms with E-state index in [-0.39, 0.29) is 0 Å². The summed E-state index contributed by atoms with van der Waals surface area (Å²) in [5.74, 6) is 0. The molecule has 0 aliphatic carbocycles. The molecule has 4 nitrogen and oxygen atoms in total. The average molecular weight is 237 g/mol. The van der Waals surface area contributed by atoms with Gasteiger partial charge >= 0.3 is 0 Å². The zero-order valence-corrected chi connectivity index (χ0v) is 9.56. The molecule has 2 aromatic rings. The molecule has 0 unspecified atom stereocenters. The Morgan fingerprint density at radius 2 is 2.25 bits per heavy atom. The summed E-state index contributed by atoms with van der Waals surface area (Å²) in [5.41, 5.74) is 7.67. The average Bonchev–Trinajstić information content (AvgIpc) is 2.66. The number of nitrogens with zero attached hydrogens (tertiary/aromatic N) is 3. The van der Waals surface area contributed by atoms with Gasteiger partial charge in [0.25, 0.3) is 0 Å². The van der Waals surface area contributed by atoms with Crippen LogP contribution in [0.25, 0.3) is 0 Å². The highest BCUT2D eigenvalue weighted by atomic mass is 35.5. The third kappa shape index (κ3) is 2.59. The molecule has 1 aromatic carbocycles. The van der Waals surface area contributed by atoms with Crippen LogP contribution in [0.5, 0.6) is 0 Å². The van der Waals surface area contributed by atoms with E-state index in [1.54, 1.807) is 6.20 Å². The van der Waals surface area contributed by atoms with Gasteiger partial charge in [-0.1, -0.05) is 28.9 Å². The van der Waals surface area contributed by atoms with Gasteiger partial charge in [0.1, 0.15) is 0 Å². The van der Waals surface area contributed by atoms with Crippen LogP contribution < -0.4 is 5.73 Å². The lowest BCUT2D eigenvalue weighted by molar-refractivity contribution is 0.617. The summed E-state index contributed by atoms with van der Waals surface area (Å²) in [4.78, 5) is 0. The second-order valence-electron chi connectivity index (χ2n) is 3.55. The highest BCUT2D eigenvalue weighted by molar-refractivity contribution is 6.30. The van der Waals surface area contributed by atoms with Gasteiger partial charge in [0.2, 0.25) is 0 Å². The van der Waals surface area contributed by atoms with Gasteiger partial charge in [-0.15, -0.1) is 5.10 Å². The van der Waals surface area contributed by atoms with Gasteiger partial charge in [0, 0.05) is 11.4 Å². The van der Waals surface area contributed by atoms with E-state index >= 15 is 0 Å². The van der Waals surface area contributed by atoms with Gasteiger partial charge in [-0.3, -0.25) is 0 Å². The number of halogens is 1. The molecule has 0 saturated heterocycles. The van der Waals surface area contributed by atoms with Gasteiger partial charge in [0.15, 0.2) is 0 Å². The number of nitrogens with two attached hydrogens (primary N) is 1. The van der Waals surface area contributed by atoms with Crippen LogP contribution in [0.3, 0.4) is 0 Å². The van der Waals surface area contributed by atoms with Crippen molar-refractivity contribution < 1.29 is 0 Å². The molecule has 0 saturated carbocycles. The van der Waals surface area contributed by atoms with Gasteiger partial charge in [0.05, 0.1) is 18.4 Å². The third-order valence-electron chi connectivity index (χ3n) is 2.32. The first-order valence-electron chi connectivity index (χ1n) is 5.11. The quantitative estimate of drug-likeness (QED) is 0.875. The van der Waals surface area contributed by atoms with Crippen LogP contribution in [0.1, 0.15) is 11.3 Å². The van der Waals surface area contributed by atoms with E-state index in [4.69, 9.17) is 17.3 Å². The lowest BCUT2D eigenvalue weighted by Gasteiger charge is -2.05. The second kappa shape index (κ2) is 5.09. The van der Waals surface area contributed by atoms with E-state index in [1.165, 1.54) is 0 Å². The Labute approximate surface area is 99.0 Å². The van der Waals surface area contributed by atoms with E-state index < -0.39 is 0 Å². The molecule has 0 amide bonds. The van der Waals surface area contributed by atoms with E-state index in [2.05, 4.69) is 10.3 Å². The topological polar surface area (TPSA) is 56.7 Å². The van der Waals surface area contributed by atoms with Crippen molar-refractivity contribution in [1.29, 1.82) is 0 Å². The van der Waals surface area contributed by atoms with Crippen LogP contribution in [0.2, 0.25) is 5.02 Å². The molecule has 2 N–H and O–H groups in total. The minimum Gasteiger partial charge on any atom is -0.330 e. The van der Waals surface area contributed by atoms with Crippen LogP contribution in [0.15, 0.2) is 30.5 Å². The van der Waals surface area contributed by atoms with Crippen LogP contribution in [-0.2, 0) is 13.0 Å². The Kier molecular flexibility index (Phi) is 3.54. The molecule has 0 aliphatic rings. The lowest BCUT2D eigenvalue weighted by Crippen LogP contribution is -2.11. The van der Waals surface area contributed by atoms with Crippen LogP contribution in [-0.4, -0.2) is 21.5 Å². The van der Waals surface area contributed by atoms with Crippen molar-refractivity contribution in [3.63, 3.8) is 0 Å². The summed E-state index contributed by atoms with van der Waals surface area (Å²) in [7, 11) is 0. The van der Waals surface area contributed by atoms with Crippen molar-refractivity contribution in [2.24, 2.45) is 5.73 Å². The van der Waals surface area contributed by atoms with Crippen molar-refractivity contribution >= 4 is 11.6 Å². The summed E-state index contributed by atoms with van der Waals surface area (Å²) in [5, 5.41) is 8.65. The number of aromatic nitrogens is 3. The smallest absolute Gasteiger partial charge is 0.0725 e. The molecule has 5 heteroatoms. The molecule has 0 bridgehead atoms. The zero-order valence-electron chi connectivity index (χ0n) is 8.81. The van der Waals surface area contributed by atoms with Crippen molar-refractivity contribution in [3.8, 4) is 0 Å². The van der Waals surface area contributed by atoms with E-state index in [9.17, 15) is 0 Å². The fourth-order valence-electron chi connectivity index (χ4n) is 1.56. The number of benzene rings is 1. The number of hydrogen-bond acceptors (Lipinski definition) is 3. The van der Waals surface area contributed by atoms with E-state index in [0.29, 0.717) is 13.1 Å². The maximum absolute atomic E-state index is 5.92. The highest BCUT2D eigenvalue weighted by Gasteiger charge is 2.03. The van der Waals surface area contributed by atoms with Crippen LogP contribution in [0.4, 0.5) is 0 Å². The lowest BCUT2D eigenvalue weighted by atomic mass is 10.2. The summed E-state index contributed by atoms with van der Waals surface area (Å²) in [6.07, 6.45) is 2.53. The minimum atomic E-state index is 0.600. The first kappa shape index (κ1) is 11.1. The molecule has 0 fully saturated rings. The van der Waals surface area contributed by atoms with Gasteiger partial charge in [-0.2, -0.15) is 0 Å². The minimum absolute atomic E-state index is 0.600. The predicted octanol–water partition coefficient (Wildman–Crippen LogP) is 1.48. The van der Waals surface area contributed by atoms with Gasteiger partial charge in [-0.05, 0) is 24.2 Å². The van der Waals surface area contributed by atoms with E-state index in [0.717, 1.165) is 22.7 Å². The van der Waals surface area contributed by atoms with Crippen molar-refractivity contribution in [2.45, 2.75) is 13.0 Å². The summed E-state index contributed by atoms with van der Waals surface area (Å²) >= 11 is 5.92. The van der Waals surface area contributed by atoms with Gasteiger partial charge < -0.3 is 5.73 Å². The summed E-state index contributed by atoms with van der Waals surface area (Å²) in [6.45, 7) is 1.28. The Morgan fingerprint density at radius 1 is 1.38 bits per heavy atom. The molecule has 0 radical (unpaired) electrons. The first-order valence-corrected chi connectivity index (χ1v) is 5.49. The normalized spacial score (nSPS) is 10.6. The Balaban J connectivity index is 2.17. The zero-order chi connectivity index (χ0) is 11.4. The molecule has 1 heterocycles. The number of rotatable bonds is 4. The largest absolute Gasteiger partial charge is 0.330 e. The third-order valence-corrected chi connectivity index (χ3v) is 2.55. The molecule has 0 aliphatic heterocycles. The standard InChI is InChI=1S/C11H13ClN4/c12-10-3-1-2-9(6-10)8-16-11(4-5-13)7-14-15-16/h1-3,6-7H,4-5,8,13H2. The monoisotopic (exact) mass is 236 g/mol. The fraction of sp³-hybridized carbons (Fsp3) is 0.273. The Hall–Kier alpha value is -1.39. The maximum Gasteiger partial charge on any atom is 0.0725 e. The molecule has 84 valence electrons. The van der Waals surface area contributed by atoms with Crippen molar-refractivity contribution in [2.75, 3.05) is 6.54 Å². The van der Waals surface area contributed by atoms with Crippen molar-refractivity contribution in [1.82, 2.24) is 15.0 Å². The molecule has 2 rings (SSSR count). The second-order valence-corrected chi connectivity index (χ2v) is 3.99. The SMILES string of the molecule is NCCc1cnnn1Cc1cccc(Cl)c1. The summed E-state index contributed by atoms with van der Waals surface area (Å²) in [6, 6.07) is 7.72. The summed E-state index contributed by atoms with van der Waals surface area (Å²) < 4.78 is 1.85. The Morgan fingerprint density at radius 3 is 3.00 bits per heavy atom. The van der Waals surface area contributed by atoms with Crippen LogP contribution >= 0.6 is 11.6 Å².